The molecule has 2 rings (SSSR count). The van der Waals surface area contributed by atoms with Crippen molar-refractivity contribution in [3.8, 4) is 0 Å². The third-order valence-corrected chi connectivity index (χ3v) is 3.18. The minimum absolute atomic E-state index is 0.163. The van der Waals surface area contributed by atoms with Crippen LogP contribution in [0.4, 0.5) is 8.78 Å². The third kappa shape index (κ3) is 2.67. The topological polar surface area (TPSA) is 41.1 Å². The molecular weight excluding hydrogens is 238 g/mol. The molecule has 1 amide bonds. The van der Waals surface area contributed by atoms with Gasteiger partial charge in [-0.15, -0.1) is 0 Å². The van der Waals surface area contributed by atoms with Crippen LogP contribution < -0.4 is 10.6 Å². The molecule has 1 aliphatic rings. The van der Waals surface area contributed by atoms with E-state index in [1.165, 1.54) is 12.1 Å². The van der Waals surface area contributed by atoms with Crippen LogP contribution >= 0.6 is 0 Å². The number of benzene rings is 1. The van der Waals surface area contributed by atoms with Gasteiger partial charge >= 0.3 is 0 Å². The van der Waals surface area contributed by atoms with Gasteiger partial charge in [0.15, 0.2) is 11.6 Å². The molecule has 0 bridgehead atoms. The summed E-state index contributed by atoms with van der Waals surface area (Å²) in [5.74, 6) is -1.96. The second-order valence-electron chi connectivity index (χ2n) is 4.52. The maximum absolute atomic E-state index is 13.5. The maximum Gasteiger partial charge on any atom is 0.237 e. The quantitative estimate of drug-likeness (QED) is 0.865. The Labute approximate surface area is 105 Å². The van der Waals surface area contributed by atoms with Crippen molar-refractivity contribution in [1.29, 1.82) is 0 Å². The molecule has 2 atom stereocenters. The van der Waals surface area contributed by atoms with Crippen molar-refractivity contribution >= 4 is 5.91 Å². The lowest BCUT2D eigenvalue weighted by atomic mass is 10.1. The summed E-state index contributed by atoms with van der Waals surface area (Å²) in [6.45, 7) is 2.46. The number of rotatable bonds is 3. The van der Waals surface area contributed by atoms with E-state index in [4.69, 9.17) is 0 Å². The Bertz CT molecular complexity index is 445. The van der Waals surface area contributed by atoms with E-state index in [2.05, 4.69) is 10.6 Å². The van der Waals surface area contributed by atoms with E-state index in [1.807, 2.05) is 0 Å². The summed E-state index contributed by atoms with van der Waals surface area (Å²) in [5, 5.41) is 5.76. The standard InChI is InChI=1S/C13H16F2N2O/c1-8(9-4-2-5-10(14)12(9)15)17-13(18)11-6-3-7-16-11/h2,4-5,8,11,16H,3,6-7H2,1H3,(H,17,18)/t8-,11+/m0/s1. The second kappa shape index (κ2) is 5.44. The van der Waals surface area contributed by atoms with Crippen molar-refractivity contribution in [3.05, 3.63) is 35.4 Å². The fraction of sp³-hybridized carbons (Fsp3) is 0.462. The van der Waals surface area contributed by atoms with E-state index in [0.717, 1.165) is 25.5 Å². The number of hydrogen-bond donors (Lipinski definition) is 2. The normalized spacial score (nSPS) is 20.7. The number of hydrogen-bond acceptors (Lipinski definition) is 2. The van der Waals surface area contributed by atoms with Crippen molar-refractivity contribution in [3.63, 3.8) is 0 Å². The summed E-state index contributed by atoms with van der Waals surface area (Å²) in [6, 6.07) is 3.21. The molecule has 2 N–H and O–H groups in total. The molecule has 98 valence electrons. The zero-order valence-electron chi connectivity index (χ0n) is 10.2. The molecule has 1 fully saturated rings. The van der Waals surface area contributed by atoms with E-state index < -0.39 is 17.7 Å². The van der Waals surface area contributed by atoms with Crippen LogP contribution in [0.15, 0.2) is 18.2 Å². The van der Waals surface area contributed by atoms with Gasteiger partial charge in [-0.05, 0) is 32.4 Å². The first-order chi connectivity index (χ1) is 8.59. The molecule has 0 aliphatic carbocycles. The van der Waals surface area contributed by atoms with Gasteiger partial charge in [-0.2, -0.15) is 0 Å². The molecule has 3 nitrogen and oxygen atoms in total. The average Bonchev–Trinajstić information content (AvgIpc) is 2.86. The SMILES string of the molecule is C[C@H](NC(=O)[C@H]1CCCN1)c1cccc(F)c1F. The lowest BCUT2D eigenvalue weighted by Crippen LogP contribution is -2.41. The number of carbonyl (C=O) groups excluding carboxylic acids is 1. The number of carbonyl (C=O) groups is 1. The van der Waals surface area contributed by atoms with Crippen LogP contribution in [0.5, 0.6) is 0 Å². The predicted molar refractivity (Wildman–Crippen MR) is 63.9 cm³/mol. The van der Waals surface area contributed by atoms with Crippen LogP contribution in [0.3, 0.4) is 0 Å². The fourth-order valence-electron chi connectivity index (χ4n) is 2.15. The Morgan fingerprint density at radius 1 is 1.50 bits per heavy atom. The molecule has 1 aliphatic heterocycles. The molecular formula is C13H16F2N2O. The highest BCUT2D eigenvalue weighted by Gasteiger charge is 2.24. The Balaban J connectivity index is 2.04. The molecule has 0 aromatic heterocycles. The van der Waals surface area contributed by atoms with Gasteiger partial charge in [-0.1, -0.05) is 12.1 Å². The summed E-state index contributed by atoms with van der Waals surface area (Å²) in [6.07, 6.45) is 1.74. The summed E-state index contributed by atoms with van der Waals surface area (Å²) in [7, 11) is 0. The van der Waals surface area contributed by atoms with Crippen LogP contribution in [0.1, 0.15) is 31.4 Å². The first kappa shape index (κ1) is 13.0. The summed E-state index contributed by atoms with van der Waals surface area (Å²) < 4.78 is 26.6. The first-order valence-corrected chi connectivity index (χ1v) is 6.07. The van der Waals surface area contributed by atoms with Gasteiger partial charge in [0.2, 0.25) is 5.91 Å². The Morgan fingerprint density at radius 2 is 2.28 bits per heavy atom. The van der Waals surface area contributed by atoms with Crippen LogP contribution in [-0.2, 0) is 4.79 Å². The number of nitrogens with one attached hydrogen (secondary N) is 2. The highest BCUT2D eigenvalue weighted by molar-refractivity contribution is 5.82. The van der Waals surface area contributed by atoms with Gasteiger partial charge in [0, 0.05) is 5.56 Å². The molecule has 1 saturated heterocycles. The van der Waals surface area contributed by atoms with Gasteiger partial charge in [-0.3, -0.25) is 4.79 Å². The van der Waals surface area contributed by atoms with Crippen molar-refractivity contribution in [1.82, 2.24) is 10.6 Å². The predicted octanol–water partition coefficient (Wildman–Crippen LogP) is 1.89. The largest absolute Gasteiger partial charge is 0.348 e. The zero-order valence-corrected chi connectivity index (χ0v) is 10.2. The van der Waals surface area contributed by atoms with Gasteiger partial charge < -0.3 is 10.6 Å². The minimum Gasteiger partial charge on any atom is -0.348 e. The molecule has 18 heavy (non-hydrogen) atoms. The number of amides is 1. The maximum atomic E-state index is 13.5. The highest BCUT2D eigenvalue weighted by Crippen LogP contribution is 2.19. The summed E-state index contributed by atoms with van der Waals surface area (Å²) in [5.41, 5.74) is 0.168. The lowest BCUT2D eigenvalue weighted by Gasteiger charge is -2.18. The number of halogens is 2. The molecule has 0 unspecified atom stereocenters. The van der Waals surface area contributed by atoms with Crippen molar-refractivity contribution in [2.24, 2.45) is 0 Å². The Hall–Kier alpha value is -1.49. The zero-order chi connectivity index (χ0) is 13.1. The van der Waals surface area contributed by atoms with Crippen LogP contribution in [0, 0.1) is 11.6 Å². The molecule has 0 spiro atoms. The molecule has 5 heteroatoms. The summed E-state index contributed by atoms with van der Waals surface area (Å²) in [4.78, 5) is 11.8. The minimum atomic E-state index is -0.898. The molecule has 1 heterocycles. The van der Waals surface area contributed by atoms with E-state index in [1.54, 1.807) is 6.92 Å². The van der Waals surface area contributed by atoms with Crippen molar-refractivity contribution < 1.29 is 13.6 Å². The van der Waals surface area contributed by atoms with Crippen LogP contribution in [0.2, 0.25) is 0 Å². The van der Waals surface area contributed by atoms with E-state index in [0.29, 0.717) is 0 Å². The van der Waals surface area contributed by atoms with Gasteiger partial charge in [-0.25, -0.2) is 8.78 Å². The van der Waals surface area contributed by atoms with E-state index in [-0.39, 0.29) is 17.5 Å². The first-order valence-electron chi connectivity index (χ1n) is 6.07. The molecule has 0 radical (unpaired) electrons. The van der Waals surface area contributed by atoms with Gasteiger partial charge in [0.25, 0.3) is 0 Å². The fourth-order valence-corrected chi connectivity index (χ4v) is 2.15. The Kier molecular flexibility index (Phi) is 3.91. The Morgan fingerprint density at radius 3 is 2.94 bits per heavy atom. The molecule has 0 saturated carbocycles. The second-order valence-corrected chi connectivity index (χ2v) is 4.52. The lowest BCUT2D eigenvalue weighted by molar-refractivity contribution is -0.123. The summed E-state index contributed by atoms with van der Waals surface area (Å²) >= 11 is 0. The van der Waals surface area contributed by atoms with E-state index >= 15 is 0 Å². The van der Waals surface area contributed by atoms with Crippen molar-refractivity contribution in [2.75, 3.05) is 6.54 Å². The van der Waals surface area contributed by atoms with Crippen molar-refractivity contribution in [2.45, 2.75) is 31.8 Å². The molecule has 1 aromatic carbocycles. The third-order valence-electron chi connectivity index (χ3n) is 3.18. The van der Waals surface area contributed by atoms with Crippen LogP contribution in [0.25, 0.3) is 0 Å². The monoisotopic (exact) mass is 254 g/mol. The van der Waals surface area contributed by atoms with Crippen LogP contribution in [-0.4, -0.2) is 18.5 Å². The molecule has 1 aromatic rings. The average molecular weight is 254 g/mol. The van der Waals surface area contributed by atoms with E-state index in [9.17, 15) is 13.6 Å². The smallest absolute Gasteiger partial charge is 0.237 e. The van der Waals surface area contributed by atoms with Gasteiger partial charge in [0.05, 0.1) is 12.1 Å². The highest BCUT2D eigenvalue weighted by atomic mass is 19.2. The van der Waals surface area contributed by atoms with Gasteiger partial charge in [0.1, 0.15) is 0 Å².